The molecule has 0 bridgehead atoms. The van der Waals surface area contributed by atoms with E-state index in [1.807, 2.05) is 34.6 Å². The summed E-state index contributed by atoms with van der Waals surface area (Å²) in [5, 5.41) is 0.116. The predicted octanol–water partition coefficient (Wildman–Crippen LogP) is 7.06. The molecule has 0 unspecified atom stereocenters. The largest absolute Gasteiger partial charge is 0.493 e. The van der Waals surface area contributed by atoms with Gasteiger partial charge in [0.2, 0.25) is 0 Å². The van der Waals surface area contributed by atoms with Crippen molar-refractivity contribution in [1.82, 2.24) is 14.7 Å². The average Bonchev–Trinajstić information content (AvgIpc) is 3.06. The summed E-state index contributed by atoms with van der Waals surface area (Å²) in [5.41, 5.74) is 0.339. The lowest BCUT2D eigenvalue weighted by molar-refractivity contribution is 0.00751. The fraction of sp³-hybridized carbons (Fsp3) is 0.595. The van der Waals surface area contributed by atoms with E-state index in [0.29, 0.717) is 63.3 Å². The van der Waals surface area contributed by atoms with Gasteiger partial charge in [-0.25, -0.2) is 9.18 Å². The highest BCUT2D eigenvalue weighted by atomic mass is 35.5. The fourth-order valence-electron chi connectivity index (χ4n) is 6.37. The van der Waals surface area contributed by atoms with Crippen molar-refractivity contribution in [2.45, 2.75) is 90.4 Å². The van der Waals surface area contributed by atoms with Crippen LogP contribution in [0, 0.1) is 5.82 Å². The monoisotopic (exact) mass is 703 g/mol. The molecule has 10 nitrogen and oxygen atoms in total. The highest BCUT2D eigenvalue weighted by Crippen LogP contribution is 2.38. The number of halogens is 2. The molecule has 2 aromatic carbocycles. The third-order valence-corrected chi connectivity index (χ3v) is 9.16. The molecule has 0 N–H and O–H groups in total. The van der Waals surface area contributed by atoms with Crippen LogP contribution in [0.5, 0.6) is 5.75 Å². The van der Waals surface area contributed by atoms with Crippen molar-refractivity contribution in [2.24, 2.45) is 0 Å². The zero-order valence-electron chi connectivity index (χ0n) is 29.9. The summed E-state index contributed by atoms with van der Waals surface area (Å²) >= 11 is 6.86. The van der Waals surface area contributed by atoms with Crippen LogP contribution in [0.3, 0.4) is 0 Å². The standard InChI is InChI=1S/C37H51ClFN3O7/c1-24(2)42(27-10-8-15-41(23-27)36(45)49-37(3,4)5)35(44)30-22-33(48-17-9-16-46-7)29(21-31(30)38)28-20-25(11-12-32(28)39)34(43)40(6)26-13-18-47-19-14-26/h11-12,20-22,24,26-27H,8-10,13-19,23H2,1-7H3/t27-/m1/s1. The molecule has 1 atom stereocenters. The molecule has 3 amide bonds. The van der Waals surface area contributed by atoms with Gasteiger partial charge in [-0.2, -0.15) is 0 Å². The maximum atomic E-state index is 15.6. The number of carbonyl (C=O) groups is 3. The van der Waals surface area contributed by atoms with Gasteiger partial charge in [0, 0.05) is 82.3 Å². The summed E-state index contributed by atoms with van der Waals surface area (Å²) in [4.78, 5) is 45.8. The molecule has 2 fully saturated rings. The van der Waals surface area contributed by atoms with Gasteiger partial charge >= 0.3 is 6.09 Å². The van der Waals surface area contributed by atoms with Crippen LogP contribution in [-0.2, 0) is 14.2 Å². The molecule has 0 saturated carbocycles. The molecule has 0 aromatic heterocycles. The number of nitrogens with zero attached hydrogens (tertiary/aromatic N) is 3. The molecule has 0 aliphatic carbocycles. The minimum atomic E-state index is -0.639. The highest BCUT2D eigenvalue weighted by molar-refractivity contribution is 6.34. The van der Waals surface area contributed by atoms with E-state index in [-0.39, 0.29) is 58.4 Å². The number of amides is 3. The number of piperidine rings is 1. The van der Waals surface area contributed by atoms with Crippen molar-refractivity contribution < 1.29 is 37.7 Å². The number of hydrogen-bond donors (Lipinski definition) is 0. The summed E-state index contributed by atoms with van der Waals surface area (Å²) < 4.78 is 38.0. The van der Waals surface area contributed by atoms with Gasteiger partial charge in [-0.3, -0.25) is 9.59 Å². The van der Waals surface area contributed by atoms with Crippen LogP contribution in [0.1, 0.15) is 87.4 Å². The minimum Gasteiger partial charge on any atom is -0.493 e. The van der Waals surface area contributed by atoms with Gasteiger partial charge in [-0.15, -0.1) is 0 Å². The lowest BCUT2D eigenvalue weighted by Crippen LogP contribution is -2.54. The Morgan fingerprint density at radius 1 is 1.02 bits per heavy atom. The molecule has 2 heterocycles. The molecular formula is C37H51ClFN3O7. The van der Waals surface area contributed by atoms with E-state index >= 15 is 4.39 Å². The Labute approximate surface area is 294 Å². The summed E-state index contributed by atoms with van der Waals surface area (Å²) in [6.07, 6.45) is 3.01. The number of hydrogen-bond acceptors (Lipinski definition) is 7. The van der Waals surface area contributed by atoms with E-state index < -0.39 is 17.5 Å². The van der Waals surface area contributed by atoms with Gasteiger partial charge in [-0.05, 0) is 90.6 Å². The number of likely N-dealkylation sites (tertiary alicyclic amines) is 1. The molecule has 0 spiro atoms. The van der Waals surface area contributed by atoms with Gasteiger partial charge < -0.3 is 33.6 Å². The highest BCUT2D eigenvalue weighted by Gasteiger charge is 2.35. The fourth-order valence-corrected chi connectivity index (χ4v) is 6.62. The number of ether oxygens (including phenoxy) is 4. The maximum Gasteiger partial charge on any atom is 0.410 e. The van der Waals surface area contributed by atoms with E-state index in [1.54, 1.807) is 34.9 Å². The minimum absolute atomic E-state index is 0.0263. The lowest BCUT2D eigenvalue weighted by Gasteiger charge is -2.41. The van der Waals surface area contributed by atoms with E-state index in [2.05, 4.69) is 0 Å². The summed E-state index contributed by atoms with van der Waals surface area (Å²) in [6.45, 7) is 12.0. The predicted molar refractivity (Wildman–Crippen MR) is 187 cm³/mol. The third-order valence-electron chi connectivity index (χ3n) is 8.84. The van der Waals surface area contributed by atoms with Crippen LogP contribution >= 0.6 is 11.6 Å². The topological polar surface area (TPSA) is 97.8 Å². The zero-order chi connectivity index (χ0) is 35.9. The molecule has 4 rings (SSSR count). The normalized spacial score (nSPS) is 17.2. The first-order chi connectivity index (χ1) is 23.2. The number of methoxy groups -OCH3 is 1. The van der Waals surface area contributed by atoms with Gasteiger partial charge in [0.15, 0.2) is 0 Å². The Balaban J connectivity index is 1.68. The van der Waals surface area contributed by atoms with Crippen molar-refractivity contribution in [3.05, 3.63) is 52.3 Å². The number of carbonyl (C=O) groups excluding carboxylic acids is 3. The van der Waals surface area contributed by atoms with Crippen LogP contribution in [-0.4, -0.2) is 110 Å². The van der Waals surface area contributed by atoms with Crippen LogP contribution in [0.15, 0.2) is 30.3 Å². The summed E-state index contributed by atoms with van der Waals surface area (Å²) in [7, 11) is 3.35. The van der Waals surface area contributed by atoms with E-state index in [4.69, 9.17) is 30.5 Å². The van der Waals surface area contributed by atoms with Gasteiger partial charge in [0.1, 0.15) is 17.2 Å². The quantitative estimate of drug-likeness (QED) is 0.231. The zero-order valence-corrected chi connectivity index (χ0v) is 30.6. The third kappa shape index (κ3) is 9.86. The Bertz CT molecular complexity index is 1470. The van der Waals surface area contributed by atoms with Gasteiger partial charge in [-0.1, -0.05) is 11.6 Å². The van der Waals surface area contributed by atoms with Gasteiger partial charge in [0.05, 0.1) is 23.2 Å². The van der Waals surface area contributed by atoms with Crippen LogP contribution in [0.4, 0.5) is 9.18 Å². The molecular weight excluding hydrogens is 653 g/mol. The first-order valence-corrected chi connectivity index (χ1v) is 17.5. The van der Waals surface area contributed by atoms with Crippen molar-refractivity contribution in [1.29, 1.82) is 0 Å². The Hall–Kier alpha value is -3.41. The van der Waals surface area contributed by atoms with E-state index in [0.717, 1.165) is 12.8 Å². The molecule has 49 heavy (non-hydrogen) atoms. The first kappa shape index (κ1) is 38.4. The summed E-state index contributed by atoms with van der Waals surface area (Å²) in [6, 6.07) is 6.87. The number of rotatable bonds is 11. The summed E-state index contributed by atoms with van der Waals surface area (Å²) in [5.74, 6) is -0.857. The number of benzene rings is 2. The molecule has 2 aromatic rings. The van der Waals surface area contributed by atoms with Crippen molar-refractivity contribution in [3.8, 4) is 16.9 Å². The molecule has 12 heteroatoms. The SMILES string of the molecule is COCCCOc1cc(C(=O)N(C(C)C)[C@@H]2CCCN(C(=O)OC(C)(C)C)C2)c(Cl)cc1-c1cc(C(=O)N(C)C2CCOCC2)ccc1F. The molecule has 2 saturated heterocycles. The Morgan fingerprint density at radius 2 is 1.73 bits per heavy atom. The Morgan fingerprint density at radius 3 is 2.39 bits per heavy atom. The van der Waals surface area contributed by atoms with E-state index in [1.165, 1.54) is 24.3 Å². The molecule has 0 radical (unpaired) electrons. The molecule has 2 aliphatic heterocycles. The van der Waals surface area contributed by atoms with Crippen LogP contribution in [0.2, 0.25) is 5.02 Å². The van der Waals surface area contributed by atoms with Crippen LogP contribution < -0.4 is 4.74 Å². The second kappa shape index (κ2) is 17.0. The molecule has 270 valence electrons. The average molecular weight is 704 g/mol. The second-order valence-electron chi connectivity index (χ2n) is 14.0. The van der Waals surface area contributed by atoms with E-state index in [9.17, 15) is 14.4 Å². The lowest BCUT2D eigenvalue weighted by atomic mass is 9.97. The van der Waals surface area contributed by atoms with Crippen molar-refractivity contribution in [3.63, 3.8) is 0 Å². The van der Waals surface area contributed by atoms with Crippen molar-refractivity contribution >= 4 is 29.5 Å². The maximum absolute atomic E-state index is 15.6. The van der Waals surface area contributed by atoms with Crippen molar-refractivity contribution in [2.75, 3.05) is 53.7 Å². The molecule has 2 aliphatic rings. The van der Waals surface area contributed by atoms with Crippen LogP contribution in [0.25, 0.3) is 11.1 Å². The Kier molecular flexibility index (Phi) is 13.3. The second-order valence-corrected chi connectivity index (χ2v) is 14.4. The van der Waals surface area contributed by atoms with Gasteiger partial charge in [0.25, 0.3) is 11.8 Å². The first-order valence-electron chi connectivity index (χ1n) is 17.1. The smallest absolute Gasteiger partial charge is 0.410 e.